The average molecular weight is 420 g/mol. The molecule has 0 spiro atoms. The summed E-state index contributed by atoms with van der Waals surface area (Å²) in [5, 5.41) is 0. The van der Waals surface area contributed by atoms with Crippen LogP contribution in [0.3, 0.4) is 0 Å². The molecule has 30 heavy (non-hydrogen) atoms. The van der Waals surface area contributed by atoms with E-state index in [0.29, 0.717) is 12.5 Å². The third-order valence-corrected chi connectivity index (χ3v) is 4.59. The highest BCUT2D eigenvalue weighted by molar-refractivity contribution is 5.76. The second kappa shape index (κ2) is 8.60. The van der Waals surface area contributed by atoms with Crippen LogP contribution in [0, 0.1) is 17.6 Å². The van der Waals surface area contributed by atoms with Crippen LogP contribution in [0.1, 0.15) is 27.2 Å². The number of imidazole rings is 1. The van der Waals surface area contributed by atoms with Gasteiger partial charge in [-0.15, -0.1) is 0 Å². The minimum Gasteiger partial charge on any atom is -0.465 e. The van der Waals surface area contributed by atoms with Crippen molar-refractivity contribution >= 4 is 17.1 Å². The molecule has 160 valence electrons. The number of ether oxygens (including phenoxy) is 1. The van der Waals surface area contributed by atoms with Crippen LogP contribution >= 0.6 is 0 Å². The van der Waals surface area contributed by atoms with Gasteiger partial charge in [-0.05, 0) is 31.4 Å². The SMILES string of the molecule is CCOC(=O)Cn1cnc2c1c(=O)n(CCC(C)C)c(=O)n2-c1ccc(F)cc1F. The van der Waals surface area contributed by atoms with E-state index < -0.39 is 28.9 Å². The van der Waals surface area contributed by atoms with Gasteiger partial charge in [0.2, 0.25) is 0 Å². The molecule has 3 aromatic rings. The standard InChI is InChI=1S/C20H22F2N4O4/c1-4-30-16(27)10-24-11-23-18-17(24)19(28)25(8-7-12(2)3)20(29)26(18)15-6-5-13(21)9-14(15)22/h5-6,9,11-12H,4,7-8,10H2,1-3H3. The van der Waals surface area contributed by atoms with Gasteiger partial charge in [-0.1, -0.05) is 13.8 Å². The second-order valence-corrected chi connectivity index (χ2v) is 7.20. The molecule has 2 heterocycles. The maximum Gasteiger partial charge on any atom is 0.337 e. The van der Waals surface area contributed by atoms with Crippen LogP contribution < -0.4 is 11.2 Å². The molecule has 3 rings (SSSR count). The Kier molecular flexibility index (Phi) is 6.14. The zero-order valence-corrected chi connectivity index (χ0v) is 16.9. The molecule has 0 amide bonds. The molecule has 8 nitrogen and oxygen atoms in total. The third-order valence-electron chi connectivity index (χ3n) is 4.59. The van der Waals surface area contributed by atoms with Crippen molar-refractivity contribution in [2.45, 2.75) is 40.3 Å². The Labute approximate surface area is 170 Å². The summed E-state index contributed by atoms with van der Waals surface area (Å²) in [6.07, 6.45) is 1.74. The van der Waals surface area contributed by atoms with E-state index in [0.717, 1.165) is 21.3 Å². The van der Waals surface area contributed by atoms with E-state index in [1.54, 1.807) is 6.92 Å². The molecule has 0 N–H and O–H groups in total. The fourth-order valence-corrected chi connectivity index (χ4v) is 3.11. The lowest BCUT2D eigenvalue weighted by Crippen LogP contribution is -2.40. The predicted molar refractivity (Wildman–Crippen MR) is 106 cm³/mol. The summed E-state index contributed by atoms with van der Waals surface area (Å²) >= 11 is 0. The van der Waals surface area contributed by atoms with E-state index >= 15 is 0 Å². The quantitative estimate of drug-likeness (QED) is 0.547. The lowest BCUT2D eigenvalue weighted by Gasteiger charge is -2.14. The summed E-state index contributed by atoms with van der Waals surface area (Å²) < 4.78 is 36.0. The molecule has 0 radical (unpaired) electrons. The Morgan fingerprint density at radius 2 is 1.97 bits per heavy atom. The average Bonchev–Trinajstić information content (AvgIpc) is 3.06. The number of hydrogen-bond donors (Lipinski definition) is 0. The fourth-order valence-electron chi connectivity index (χ4n) is 3.11. The molecule has 0 aliphatic heterocycles. The minimum atomic E-state index is -0.979. The van der Waals surface area contributed by atoms with Crippen LogP contribution in [0.2, 0.25) is 0 Å². The predicted octanol–water partition coefficient (Wildman–Crippen LogP) is 2.24. The molecule has 10 heteroatoms. The van der Waals surface area contributed by atoms with Gasteiger partial charge < -0.3 is 9.30 Å². The van der Waals surface area contributed by atoms with Crippen LogP contribution in [0.25, 0.3) is 16.9 Å². The first-order valence-electron chi connectivity index (χ1n) is 9.56. The molecule has 0 aliphatic rings. The highest BCUT2D eigenvalue weighted by atomic mass is 19.1. The van der Waals surface area contributed by atoms with E-state index in [1.165, 1.54) is 10.9 Å². The molecule has 0 fully saturated rings. The lowest BCUT2D eigenvalue weighted by molar-refractivity contribution is -0.143. The number of carbonyl (C=O) groups is 1. The summed E-state index contributed by atoms with van der Waals surface area (Å²) in [4.78, 5) is 42.2. The highest BCUT2D eigenvalue weighted by Crippen LogP contribution is 2.17. The summed E-state index contributed by atoms with van der Waals surface area (Å²) in [5.74, 6) is -2.17. The number of rotatable bonds is 7. The second-order valence-electron chi connectivity index (χ2n) is 7.20. The van der Waals surface area contributed by atoms with E-state index in [-0.39, 0.29) is 42.5 Å². The van der Waals surface area contributed by atoms with Gasteiger partial charge in [0.05, 0.1) is 18.6 Å². The van der Waals surface area contributed by atoms with Crippen molar-refractivity contribution in [3.05, 3.63) is 57.0 Å². The van der Waals surface area contributed by atoms with Gasteiger partial charge in [0.25, 0.3) is 5.56 Å². The molecule has 2 aromatic heterocycles. The molecular formula is C20H22F2N4O4. The van der Waals surface area contributed by atoms with E-state index in [1.807, 2.05) is 13.8 Å². The Morgan fingerprint density at radius 1 is 1.23 bits per heavy atom. The van der Waals surface area contributed by atoms with Gasteiger partial charge in [0.1, 0.15) is 18.2 Å². The number of nitrogens with zero attached hydrogens (tertiary/aromatic N) is 4. The lowest BCUT2D eigenvalue weighted by atomic mass is 10.1. The van der Waals surface area contributed by atoms with Crippen molar-refractivity contribution in [1.82, 2.24) is 18.7 Å². The number of fused-ring (bicyclic) bond motifs is 1. The summed E-state index contributed by atoms with van der Waals surface area (Å²) in [6.45, 7) is 5.49. The maximum absolute atomic E-state index is 14.5. The summed E-state index contributed by atoms with van der Waals surface area (Å²) in [6, 6.07) is 2.76. The van der Waals surface area contributed by atoms with Crippen LogP contribution in [-0.2, 0) is 22.6 Å². The van der Waals surface area contributed by atoms with Gasteiger partial charge in [0, 0.05) is 12.6 Å². The largest absolute Gasteiger partial charge is 0.465 e. The Morgan fingerprint density at radius 3 is 2.60 bits per heavy atom. The molecule has 0 unspecified atom stereocenters. The molecule has 0 aliphatic carbocycles. The van der Waals surface area contributed by atoms with Gasteiger partial charge >= 0.3 is 11.7 Å². The normalized spacial score (nSPS) is 11.4. The Bertz CT molecular complexity index is 1210. The van der Waals surface area contributed by atoms with Gasteiger partial charge in [0.15, 0.2) is 11.2 Å². The Hall–Kier alpha value is -3.30. The van der Waals surface area contributed by atoms with Crippen LogP contribution in [-0.4, -0.2) is 31.3 Å². The molecule has 0 atom stereocenters. The van der Waals surface area contributed by atoms with Crippen LogP contribution in [0.4, 0.5) is 8.78 Å². The highest BCUT2D eigenvalue weighted by Gasteiger charge is 2.22. The minimum absolute atomic E-state index is 0.0462. The first kappa shape index (κ1) is 21.4. The number of hydrogen-bond acceptors (Lipinski definition) is 5. The van der Waals surface area contributed by atoms with Crippen molar-refractivity contribution in [3.8, 4) is 5.69 Å². The Balaban J connectivity index is 2.31. The number of esters is 1. The van der Waals surface area contributed by atoms with Gasteiger partial charge in [-0.25, -0.2) is 23.1 Å². The molecule has 0 saturated carbocycles. The number of benzene rings is 1. The van der Waals surface area contributed by atoms with Crippen LogP contribution in [0.5, 0.6) is 0 Å². The summed E-state index contributed by atoms with van der Waals surface area (Å²) in [5.41, 5.74) is -1.85. The van der Waals surface area contributed by atoms with Crippen molar-refractivity contribution in [2.75, 3.05) is 6.61 Å². The topological polar surface area (TPSA) is 88.1 Å². The molecule has 0 bridgehead atoms. The van der Waals surface area contributed by atoms with E-state index in [9.17, 15) is 23.2 Å². The number of halogens is 2. The summed E-state index contributed by atoms with van der Waals surface area (Å²) in [7, 11) is 0. The number of aromatic nitrogens is 4. The molecular weight excluding hydrogens is 398 g/mol. The van der Waals surface area contributed by atoms with Crippen molar-refractivity contribution in [2.24, 2.45) is 5.92 Å². The third kappa shape index (κ3) is 4.03. The zero-order valence-electron chi connectivity index (χ0n) is 16.9. The first-order valence-corrected chi connectivity index (χ1v) is 9.56. The zero-order chi connectivity index (χ0) is 22.0. The van der Waals surface area contributed by atoms with Gasteiger partial charge in [-0.2, -0.15) is 0 Å². The smallest absolute Gasteiger partial charge is 0.337 e. The number of carbonyl (C=O) groups excluding carboxylic acids is 1. The maximum atomic E-state index is 14.5. The van der Waals surface area contributed by atoms with E-state index in [4.69, 9.17) is 4.74 Å². The van der Waals surface area contributed by atoms with Crippen molar-refractivity contribution in [1.29, 1.82) is 0 Å². The monoisotopic (exact) mass is 420 g/mol. The van der Waals surface area contributed by atoms with Crippen LogP contribution in [0.15, 0.2) is 34.1 Å². The van der Waals surface area contributed by atoms with Gasteiger partial charge in [-0.3, -0.25) is 14.2 Å². The van der Waals surface area contributed by atoms with E-state index in [2.05, 4.69) is 4.98 Å². The molecule has 1 aromatic carbocycles. The first-order chi connectivity index (χ1) is 14.2. The van der Waals surface area contributed by atoms with Crippen molar-refractivity contribution in [3.63, 3.8) is 0 Å². The van der Waals surface area contributed by atoms with Crippen molar-refractivity contribution < 1.29 is 18.3 Å². The molecule has 0 saturated heterocycles. The fraction of sp³-hybridized carbons (Fsp3) is 0.400.